The maximum Gasteiger partial charge on any atom is 0.323 e. The number of anilines is 2. The molecule has 0 heterocycles. The van der Waals surface area contributed by atoms with E-state index in [4.69, 9.17) is 5.11 Å². The van der Waals surface area contributed by atoms with Crippen LogP contribution in [0.5, 0.6) is 0 Å². The van der Waals surface area contributed by atoms with E-state index in [9.17, 15) is 14.1 Å². The van der Waals surface area contributed by atoms with Crippen molar-refractivity contribution in [2.75, 3.05) is 16.9 Å². The Bertz CT molecular complexity index is 762. The molecule has 1 unspecified atom stereocenters. The van der Waals surface area contributed by atoms with Crippen LogP contribution in [0.3, 0.4) is 0 Å². The number of urea groups is 1. The lowest BCUT2D eigenvalue weighted by Crippen LogP contribution is -2.21. The summed E-state index contributed by atoms with van der Waals surface area (Å²) in [5.74, 6) is -0.971. The van der Waals surface area contributed by atoms with Crippen molar-refractivity contribution in [3.05, 3.63) is 53.6 Å². The minimum absolute atomic E-state index is 0.167. The lowest BCUT2D eigenvalue weighted by Gasteiger charge is -2.14. The van der Waals surface area contributed by atoms with Crippen molar-refractivity contribution >= 4 is 34.6 Å². The molecule has 1 atom stereocenters. The molecule has 2 amide bonds. The van der Waals surface area contributed by atoms with Crippen LogP contribution >= 0.6 is 0 Å². The van der Waals surface area contributed by atoms with Crippen molar-refractivity contribution in [3.63, 3.8) is 0 Å². The summed E-state index contributed by atoms with van der Waals surface area (Å²) >= 11 is -1.37. The van der Waals surface area contributed by atoms with Gasteiger partial charge in [0.05, 0.1) is 12.1 Å². The Morgan fingerprint density at radius 1 is 1.12 bits per heavy atom. The summed E-state index contributed by atoms with van der Waals surface area (Å²) in [6.45, 7) is 1.88. The quantitative estimate of drug-likeness (QED) is 0.724. The summed E-state index contributed by atoms with van der Waals surface area (Å²) in [5, 5.41) is 14.2. The molecule has 2 aromatic carbocycles. The van der Waals surface area contributed by atoms with Crippen molar-refractivity contribution in [3.8, 4) is 0 Å². The summed E-state index contributed by atoms with van der Waals surface area (Å²) in [6, 6.07) is 11.6. The molecule has 6 nitrogen and oxygen atoms in total. The largest absolute Gasteiger partial charge is 0.612 e. The van der Waals surface area contributed by atoms with E-state index in [0.29, 0.717) is 21.8 Å². The molecule has 3 N–H and O–H groups in total. The molecule has 0 bridgehead atoms. The molecule has 7 heteroatoms. The normalized spacial score (nSPS) is 11.6. The summed E-state index contributed by atoms with van der Waals surface area (Å²) in [5.41, 5.74) is 2.51. The number of carboxylic acids is 1. The number of hydrogen-bond donors (Lipinski definition) is 3. The number of hydrogen-bond acceptors (Lipinski definition) is 3. The SMILES string of the molecule is Cc1ccccc1NC(=O)Nc1ccc(CC(=O)O)cc1[S+](C)[O-]. The summed E-state index contributed by atoms with van der Waals surface area (Å²) in [6.07, 6.45) is 1.31. The number of para-hydroxylation sites is 1. The van der Waals surface area contributed by atoms with E-state index >= 15 is 0 Å². The number of aryl methyl sites for hydroxylation is 1. The molecule has 0 fully saturated rings. The third-order valence-electron chi connectivity index (χ3n) is 3.35. The number of nitrogens with one attached hydrogen (secondary N) is 2. The number of amides is 2. The Balaban J connectivity index is 2.17. The molecule has 0 aliphatic rings. The van der Waals surface area contributed by atoms with Crippen LogP contribution in [0.15, 0.2) is 47.4 Å². The highest BCUT2D eigenvalue weighted by molar-refractivity contribution is 7.90. The molecule has 0 radical (unpaired) electrons. The predicted molar refractivity (Wildman–Crippen MR) is 93.9 cm³/mol. The zero-order valence-corrected chi connectivity index (χ0v) is 14.1. The molecule has 0 saturated heterocycles. The molecule has 2 rings (SSSR count). The van der Waals surface area contributed by atoms with Gasteiger partial charge in [-0.1, -0.05) is 24.3 Å². The van der Waals surface area contributed by atoms with E-state index in [-0.39, 0.29) is 6.42 Å². The fourth-order valence-electron chi connectivity index (χ4n) is 2.18. The lowest BCUT2D eigenvalue weighted by molar-refractivity contribution is -0.136. The van der Waals surface area contributed by atoms with Gasteiger partial charge in [0, 0.05) is 5.69 Å². The molecule has 0 aromatic heterocycles. The lowest BCUT2D eigenvalue weighted by atomic mass is 10.1. The number of aliphatic carboxylic acids is 1. The van der Waals surface area contributed by atoms with Crippen LogP contribution in [0, 0.1) is 6.92 Å². The number of carbonyl (C=O) groups is 2. The van der Waals surface area contributed by atoms with Gasteiger partial charge in [0.1, 0.15) is 6.26 Å². The van der Waals surface area contributed by atoms with Crippen LogP contribution in [-0.2, 0) is 22.4 Å². The fraction of sp³-hybridized carbons (Fsp3) is 0.176. The van der Waals surface area contributed by atoms with Crippen molar-refractivity contribution in [2.24, 2.45) is 0 Å². The Morgan fingerprint density at radius 3 is 2.42 bits per heavy atom. The molecule has 0 aliphatic heterocycles. The first-order valence-electron chi connectivity index (χ1n) is 7.18. The fourth-order valence-corrected chi connectivity index (χ4v) is 2.93. The second-order valence-corrected chi connectivity index (χ2v) is 6.60. The van der Waals surface area contributed by atoms with Crippen molar-refractivity contribution < 1.29 is 19.2 Å². The molecule has 0 spiro atoms. The average Bonchev–Trinajstić information content (AvgIpc) is 2.50. The van der Waals surface area contributed by atoms with Gasteiger partial charge in [-0.05, 0) is 47.4 Å². The maximum absolute atomic E-state index is 12.2. The molecule has 0 saturated carbocycles. The Morgan fingerprint density at radius 2 is 1.79 bits per heavy atom. The third kappa shape index (κ3) is 4.74. The highest BCUT2D eigenvalue weighted by atomic mass is 32.2. The predicted octanol–water partition coefficient (Wildman–Crippen LogP) is 3.00. The van der Waals surface area contributed by atoms with Gasteiger partial charge in [-0.15, -0.1) is 0 Å². The number of carbonyl (C=O) groups excluding carboxylic acids is 1. The van der Waals surface area contributed by atoms with Gasteiger partial charge in [0.2, 0.25) is 0 Å². The standard InChI is InChI=1S/C17H18N2O4S/c1-11-5-3-4-6-13(11)18-17(22)19-14-8-7-12(10-16(20)21)9-15(14)24(2)23/h3-9H,10H2,1-2H3,(H,20,21)(H2,18,19,22). The zero-order valence-electron chi connectivity index (χ0n) is 13.3. The van der Waals surface area contributed by atoms with Gasteiger partial charge in [-0.25, -0.2) is 4.79 Å². The summed E-state index contributed by atoms with van der Waals surface area (Å²) in [7, 11) is 0. The molecule has 0 aliphatic carbocycles. The average molecular weight is 346 g/mol. The van der Waals surface area contributed by atoms with Crippen LogP contribution in [0.2, 0.25) is 0 Å². The third-order valence-corrected chi connectivity index (χ3v) is 4.31. The Labute approximate surface area is 143 Å². The van der Waals surface area contributed by atoms with Gasteiger partial charge in [0.15, 0.2) is 4.90 Å². The first-order chi connectivity index (χ1) is 11.4. The molecular formula is C17H18N2O4S. The van der Waals surface area contributed by atoms with Crippen molar-refractivity contribution in [1.82, 2.24) is 0 Å². The maximum atomic E-state index is 12.2. The van der Waals surface area contributed by atoms with Gasteiger partial charge < -0.3 is 20.3 Å². The number of benzene rings is 2. The van der Waals surface area contributed by atoms with Gasteiger partial charge in [-0.3, -0.25) is 4.79 Å². The second-order valence-electron chi connectivity index (χ2n) is 5.25. The van der Waals surface area contributed by atoms with Gasteiger partial charge >= 0.3 is 12.0 Å². The van der Waals surface area contributed by atoms with E-state index in [0.717, 1.165) is 5.56 Å². The second kappa shape index (κ2) is 7.85. The van der Waals surface area contributed by atoms with Gasteiger partial charge in [0.25, 0.3) is 0 Å². The first kappa shape index (κ1) is 17.8. The van der Waals surface area contributed by atoms with Crippen LogP contribution < -0.4 is 10.6 Å². The van der Waals surface area contributed by atoms with E-state index in [2.05, 4.69) is 10.6 Å². The molecular weight excluding hydrogens is 328 g/mol. The van der Waals surface area contributed by atoms with E-state index in [1.54, 1.807) is 18.2 Å². The summed E-state index contributed by atoms with van der Waals surface area (Å²) < 4.78 is 11.9. The van der Waals surface area contributed by atoms with E-state index in [1.807, 2.05) is 25.1 Å². The minimum Gasteiger partial charge on any atom is -0.612 e. The van der Waals surface area contributed by atoms with Crippen molar-refractivity contribution in [2.45, 2.75) is 18.2 Å². The van der Waals surface area contributed by atoms with Crippen LogP contribution in [0.4, 0.5) is 16.2 Å². The highest BCUT2D eigenvalue weighted by Gasteiger charge is 2.16. The van der Waals surface area contributed by atoms with Crippen LogP contribution in [0.25, 0.3) is 0 Å². The van der Waals surface area contributed by atoms with E-state index in [1.165, 1.54) is 12.3 Å². The number of rotatable bonds is 5. The minimum atomic E-state index is -1.37. The monoisotopic (exact) mass is 346 g/mol. The molecule has 2 aromatic rings. The summed E-state index contributed by atoms with van der Waals surface area (Å²) in [4.78, 5) is 23.3. The Hall–Kier alpha value is -2.51. The first-order valence-corrected chi connectivity index (χ1v) is 8.74. The number of carboxylic acid groups (broad SMARTS) is 1. The molecule has 24 heavy (non-hydrogen) atoms. The molecule has 126 valence electrons. The highest BCUT2D eigenvalue weighted by Crippen LogP contribution is 2.24. The van der Waals surface area contributed by atoms with E-state index < -0.39 is 23.2 Å². The van der Waals surface area contributed by atoms with Crippen molar-refractivity contribution in [1.29, 1.82) is 0 Å². The van der Waals surface area contributed by atoms with Crippen LogP contribution in [-0.4, -0.2) is 27.9 Å². The smallest absolute Gasteiger partial charge is 0.323 e. The van der Waals surface area contributed by atoms with Crippen LogP contribution in [0.1, 0.15) is 11.1 Å². The Kier molecular flexibility index (Phi) is 5.83. The van der Waals surface area contributed by atoms with Gasteiger partial charge in [-0.2, -0.15) is 0 Å². The zero-order chi connectivity index (χ0) is 17.7. The topological polar surface area (TPSA) is 101 Å².